The molecule has 0 aromatic carbocycles. The minimum atomic E-state index is -0.955. The van der Waals surface area contributed by atoms with Crippen LogP contribution in [0.1, 0.15) is 52.3 Å². The maximum Gasteiger partial charge on any atom is 0.525 e. The monoisotopic (exact) mass is 340 g/mol. The van der Waals surface area contributed by atoms with Crippen molar-refractivity contribution in [3.05, 3.63) is 28.1 Å². The van der Waals surface area contributed by atoms with Crippen LogP contribution in [0.4, 0.5) is 4.39 Å². The van der Waals surface area contributed by atoms with E-state index in [0.29, 0.717) is 25.2 Å². The quantitative estimate of drug-likeness (QED) is 0.523. The fraction of sp³-hybridized carbons (Fsp3) is 0.647. The highest BCUT2D eigenvalue weighted by molar-refractivity contribution is 7.11. The minimum Gasteiger partial charge on any atom is -0.398 e. The summed E-state index contributed by atoms with van der Waals surface area (Å²) in [7, 11) is -0.955. The summed E-state index contributed by atoms with van der Waals surface area (Å²) in [6.45, 7) is 10.9. The first-order valence-corrected chi connectivity index (χ1v) is 9.02. The Hall–Kier alpha value is -0.685. The van der Waals surface area contributed by atoms with E-state index < -0.39 is 18.3 Å². The Kier molecular flexibility index (Phi) is 6.06. The van der Waals surface area contributed by atoms with Gasteiger partial charge in [-0.15, -0.1) is 11.3 Å². The Labute approximate surface area is 143 Å². The third-order valence-corrected chi connectivity index (χ3v) is 5.34. The Morgan fingerprint density at radius 1 is 1.22 bits per heavy atom. The van der Waals surface area contributed by atoms with E-state index in [9.17, 15) is 0 Å². The lowest BCUT2D eigenvalue weighted by molar-refractivity contribution is 0.00578. The largest absolute Gasteiger partial charge is 0.525 e. The molecule has 0 spiro atoms. The maximum atomic E-state index is 15.1. The van der Waals surface area contributed by atoms with Gasteiger partial charge in [0.2, 0.25) is 0 Å². The van der Waals surface area contributed by atoms with Gasteiger partial charge in [-0.05, 0) is 57.6 Å². The first-order valence-electron chi connectivity index (χ1n) is 8.14. The average Bonchev–Trinajstić information content (AvgIpc) is 3.05. The van der Waals surface area contributed by atoms with E-state index in [2.05, 4.69) is 6.92 Å². The van der Waals surface area contributed by atoms with Crippen molar-refractivity contribution in [3.8, 4) is 0 Å². The van der Waals surface area contributed by atoms with Crippen LogP contribution in [-0.4, -0.2) is 31.5 Å². The first kappa shape index (κ1) is 18.7. The van der Waals surface area contributed by atoms with Gasteiger partial charge >= 0.3 is 7.12 Å². The Morgan fingerprint density at radius 3 is 2.39 bits per heavy atom. The van der Waals surface area contributed by atoms with Gasteiger partial charge < -0.3 is 14.0 Å². The number of rotatable bonds is 7. The zero-order valence-corrected chi connectivity index (χ0v) is 15.5. The van der Waals surface area contributed by atoms with E-state index in [-0.39, 0.29) is 5.73 Å². The average molecular weight is 340 g/mol. The molecule has 0 amide bonds. The van der Waals surface area contributed by atoms with Crippen molar-refractivity contribution in [3.63, 3.8) is 0 Å². The molecule has 3 nitrogen and oxygen atoms in total. The summed E-state index contributed by atoms with van der Waals surface area (Å²) < 4.78 is 32.3. The second kappa shape index (κ2) is 7.47. The third-order valence-electron chi connectivity index (χ3n) is 4.41. The van der Waals surface area contributed by atoms with E-state index >= 15 is 4.39 Å². The van der Waals surface area contributed by atoms with Gasteiger partial charge in [-0.1, -0.05) is 13.0 Å². The lowest BCUT2D eigenvalue weighted by Gasteiger charge is -2.32. The molecule has 1 aliphatic heterocycles. The van der Waals surface area contributed by atoms with E-state index in [1.54, 1.807) is 0 Å². The molecule has 1 fully saturated rings. The van der Waals surface area contributed by atoms with Crippen molar-refractivity contribution in [2.24, 2.45) is 0 Å². The maximum absolute atomic E-state index is 15.1. The molecule has 0 aliphatic carbocycles. The molecule has 1 aliphatic rings. The Balaban J connectivity index is 2.21. The van der Waals surface area contributed by atoms with Crippen molar-refractivity contribution < 1.29 is 18.4 Å². The lowest BCUT2D eigenvalue weighted by atomic mass is 9.83. The molecule has 0 bridgehead atoms. The number of halogens is 1. The lowest BCUT2D eigenvalue weighted by Crippen LogP contribution is -2.41. The number of ether oxygens (including phenoxy) is 1. The van der Waals surface area contributed by atoms with E-state index in [1.165, 1.54) is 11.3 Å². The van der Waals surface area contributed by atoms with Crippen molar-refractivity contribution >= 4 is 24.0 Å². The highest BCUT2D eigenvalue weighted by Crippen LogP contribution is 2.41. The van der Waals surface area contributed by atoms with Crippen LogP contribution in [-0.2, 0) is 14.0 Å². The van der Waals surface area contributed by atoms with Crippen LogP contribution in [0.5, 0.6) is 0 Å². The summed E-state index contributed by atoms with van der Waals surface area (Å²) in [4.78, 5) is 0.900. The summed E-state index contributed by atoms with van der Waals surface area (Å²) in [6.07, 6.45) is 1.47. The molecule has 2 heterocycles. The predicted octanol–water partition coefficient (Wildman–Crippen LogP) is 4.88. The van der Waals surface area contributed by atoms with E-state index in [1.807, 2.05) is 45.2 Å². The topological polar surface area (TPSA) is 27.7 Å². The zero-order chi connectivity index (χ0) is 17.1. The van der Waals surface area contributed by atoms with Crippen LogP contribution in [0.15, 0.2) is 23.2 Å². The highest BCUT2D eigenvalue weighted by atomic mass is 32.1. The van der Waals surface area contributed by atoms with Gasteiger partial charge in [-0.25, -0.2) is 4.39 Å². The first-order chi connectivity index (χ1) is 10.8. The van der Waals surface area contributed by atoms with Crippen LogP contribution in [0, 0.1) is 0 Å². The molecule has 0 radical (unpaired) electrons. The molecule has 0 unspecified atom stereocenters. The normalized spacial score (nSPS) is 20.7. The van der Waals surface area contributed by atoms with Crippen LogP contribution in [0.2, 0.25) is 0 Å². The zero-order valence-electron chi connectivity index (χ0n) is 14.6. The second-order valence-corrected chi connectivity index (χ2v) is 7.70. The van der Waals surface area contributed by atoms with Gasteiger partial charge in [0.15, 0.2) is 0 Å². The van der Waals surface area contributed by atoms with E-state index in [0.717, 1.165) is 11.3 Å². The van der Waals surface area contributed by atoms with E-state index in [4.69, 9.17) is 14.0 Å². The highest BCUT2D eigenvalue weighted by Gasteiger charge is 2.53. The van der Waals surface area contributed by atoms with Crippen LogP contribution in [0.25, 0.3) is 5.57 Å². The molecule has 1 aromatic heterocycles. The van der Waals surface area contributed by atoms with Crippen LogP contribution < -0.4 is 0 Å². The fourth-order valence-corrected chi connectivity index (χ4v) is 3.12. The molecule has 0 saturated carbocycles. The SMILES string of the molecule is CCCOCCC(=C(F)B1OC(C)(C)C(C)(C)O1)c1cccs1. The number of thiophene rings is 1. The second-order valence-electron chi connectivity index (χ2n) is 6.75. The summed E-state index contributed by atoms with van der Waals surface area (Å²) in [5.74, 6) is 0. The Bertz CT molecular complexity index is 524. The van der Waals surface area contributed by atoms with Gasteiger partial charge in [0.25, 0.3) is 0 Å². The van der Waals surface area contributed by atoms with Crippen LogP contribution in [0.3, 0.4) is 0 Å². The summed E-state index contributed by atoms with van der Waals surface area (Å²) >= 11 is 1.52. The third kappa shape index (κ3) is 4.24. The van der Waals surface area contributed by atoms with Gasteiger partial charge in [-0.2, -0.15) is 0 Å². The van der Waals surface area contributed by atoms with Crippen LogP contribution >= 0.6 is 11.3 Å². The summed E-state index contributed by atoms with van der Waals surface area (Å²) in [6, 6.07) is 3.84. The van der Waals surface area contributed by atoms with Crippen molar-refractivity contribution in [2.75, 3.05) is 13.2 Å². The summed E-state index contributed by atoms with van der Waals surface area (Å²) in [5.41, 5.74) is -0.816. The molecule has 128 valence electrons. The molecular formula is C17H26BFO3S. The van der Waals surface area contributed by atoms with Gasteiger partial charge in [0.1, 0.15) is 5.73 Å². The molecular weight excluding hydrogens is 314 g/mol. The minimum absolute atomic E-state index is 0.341. The smallest absolute Gasteiger partial charge is 0.398 e. The standard InChI is InChI=1S/C17H26BFO3S/c1-6-10-20-11-9-13(14-8-7-12-23-14)15(19)18-21-16(2,3)17(4,5)22-18/h7-8,12H,6,9-11H2,1-5H3. The van der Waals surface area contributed by atoms with Crippen molar-refractivity contribution in [1.29, 1.82) is 0 Å². The molecule has 1 aromatic rings. The number of hydrogen-bond donors (Lipinski definition) is 0. The molecule has 6 heteroatoms. The number of hydrogen-bond acceptors (Lipinski definition) is 4. The summed E-state index contributed by atoms with van der Waals surface area (Å²) in [5, 5.41) is 1.94. The van der Waals surface area contributed by atoms with Crippen molar-refractivity contribution in [1.82, 2.24) is 0 Å². The van der Waals surface area contributed by atoms with Crippen molar-refractivity contribution in [2.45, 2.75) is 58.7 Å². The molecule has 23 heavy (non-hydrogen) atoms. The predicted molar refractivity (Wildman–Crippen MR) is 94.2 cm³/mol. The molecule has 1 saturated heterocycles. The molecule has 2 rings (SSSR count). The fourth-order valence-electron chi connectivity index (χ4n) is 2.32. The molecule has 0 atom stereocenters. The van der Waals surface area contributed by atoms with Gasteiger partial charge in [0.05, 0.1) is 17.8 Å². The van der Waals surface area contributed by atoms with Gasteiger partial charge in [-0.3, -0.25) is 0 Å². The molecule has 0 N–H and O–H groups in total. The van der Waals surface area contributed by atoms with Gasteiger partial charge in [0, 0.05) is 11.5 Å². The Morgan fingerprint density at radius 2 is 1.87 bits per heavy atom.